The molecule has 1 fully saturated rings. The summed E-state index contributed by atoms with van der Waals surface area (Å²) < 4.78 is 31.7. The molecule has 0 bridgehead atoms. The number of anilines is 1. The molecule has 0 spiro atoms. The molecule has 2 amide bonds. The first-order valence-electron chi connectivity index (χ1n) is 9.43. The van der Waals surface area contributed by atoms with E-state index in [0.717, 1.165) is 17.1 Å². The number of sulfonamides is 1. The van der Waals surface area contributed by atoms with Gasteiger partial charge in [0.15, 0.2) is 0 Å². The Morgan fingerprint density at radius 3 is 2.59 bits per heavy atom. The highest BCUT2D eigenvalue weighted by atomic mass is 32.2. The lowest BCUT2D eigenvalue weighted by Gasteiger charge is -2.34. The van der Waals surface area contributed by atoms with Gasteiger partial charge in [-0.2, -0.15) is 0 Å². The van der Waals surface area contributed by atoms with Crippen LogP contribution in [0.1, 0.15) is 40.0 Å². The van der Waals surface area contributed by atoms with E-state index < -0.39 is 10.0 Å². The highest BCUT2D eigenvalue weighted by Gasteiger charge is 2.28. The monoisotopic (exact) mass is 397 g/mol. The number of carbonyl (C=O) groups is 1. The molecule has 152 valence electrons. The van der Waals surface area contributed by atoms with E-state index in [9.17, 15) is 13.2 Å². The molecule has 0 radical (unpaired) electrons. The van der Waals surface area contributed by atoms with Crippen molar-refractivity contribution in [3.63, 3.8) is 0 Å². The Hall–Kier alpha value is -1.80. The molecule has 0 aromatic heterocycles. The van der Waals surface area contributed by atoms with Gasteiger partial charge in [0.25, 0.3) is 0 Å². The van der Waals surface area contributed by atoms with E-state index in [1.165, 1.54) is 26.6 Å². The van der Waals surface area contributed by atoms with Gasteiger partial charge in [0.05, 0.1) is 6.61 Å². The number of hydrogen-bond acceptors (Lipinski definition) is 4. The Labute approximate surface area is 162 Å². The number of benzene rings is 1. The Morgan fingerprint density at radius 2 is 1.96 bits per heavy atom. The van der Waals surface area contributed by atoms with Crippen molar-refractivity contribution in [1.29, 1.82) is 0 Å². The summed E-state index contributed by atoms with van der Waals surface area (Å²) in [5, 5.41) is 5.78. The number of ether oxygens (including phenoxy) is 1. The van der Waals surface area contributed by atoms with Crippen molar-refractivity contribution in [3.8, 4) is 5.75 Å². The van der Waals surface area contributed by atoms with E-state index in [2.05, 4.69) is 24.5 Å². The van der Waals surface area contributed by atoms with Crippen LogP contribution < -0.4 is 15.4 Å². The summed E-state index contributed by atoms with van der Waals surface area (Å²) in [6, 6.07) is 4.46. The van der Waals surface area contributed by atoms with Crippen molar-refractivity contribution in [1.82, 2.24) is 9.62 Å². The summed E-state index contributed by atoms with van der Waals surface area (Å²) in [7, 11) is -0.771. The molecule has 0 aliphatic heterocycles. The third kappa shape index (κ3) is 5.13. The van der Waals surface area contributed by atoms with Crippen LogP contribution in [0, 0.1) is 11.8 Å². The Balaban J connectivity index is 2.17. The average Bonchev–Trinajstić information content (AvgIpc) is 2.60. The van der Waals surface area contributed by atoms with Crippen LogP contribution in [0.2, 0.25) is 0 Å². The van der Waals surface area contributed by atoms with Crippen LogP contribution in [-0.4, -0.2) is 45.5 Å². The molecular weight excluding hydrogens is 366 g/mol. The molecule has 1 saturated carbocycles. The normalized spacial score (nSPS) is 23.1. The Morgan fingerprint density at radius 1 is 1.26 bits per heavy atom. The van der Waals surface area contributed by atoms with Gasteiger partial charge >= 0.3 is 6.03 Å². The van der Waals surface area contributed by atoms with Crippen molar-refractivity contribution < 1.29 is 17.9 Å². The smallest absolute Gasteiger partial charge is 0.319 e. The second kappa shape index (κ2) is 8.93. The van der Waals surface area contributed by atoms with Crippen LogP contribution in [0.25, 0.3) is 0 Å². The fraction of sp³-hybridized carbons (Fsp3) is 0.632. The Bertz CT molecular complexity index is 764. The van der Waals surface area contributed by atoms with Crippen LogP contribution in [0.15, 0.2) is 23.1 Å². The SMILES string of the molecule is CCOc1ccc(NC(=O)N[C@@H]2CCC[C@H](C)[C@H]2C)cc1S(=O)(=O)N(C)C. The minimum Gasteiger partial charge on any atom is -0.492 e. The van der Waals surface area contributed by atoms with Crippen LogP contribution >= 0.6 is 0 Å². The van der Waals surface area contributed by atoms with Gasteiger partial charge in [-0.25, -0.2) is 17.5 Å². The number of amides is 2. The van der Waals surface area contributed by atoms with Crippen molar-refractivity contribution in [2.75, 3.05) is 26.0 Å². The summed E-state index contributed by atoms with van der Waals surface area (Å²) >= 11 is 0. The Kier molecular flexibility index (Phi) is 7.11. The standard InChI is InChI=1S/C19H31N3O4S/c1-6-26-17-11-10-15(12-18(17)27(24,25)22(4)5)20-19(23)21-16-9-7-8-13(2)14(16)3/h10-14,16H,6-9H2,1-5H3,(H2,20,21,23)/t13-,14+,16+/m0/s1. The first kappa shape index (κ1) is 21.5. The molecule has 1 aromatic carbocycles. The summed E-state index contributed by atoms with van der Waals surface area (Å²) in [4.78, 5) is 12.5. The zero-order valence-corrected chi connectivity index (χ0v) is 17.6. The topological polar surface area (TPSA) is 87.7 Å². The maximum absolute atomic E-state index is 12.6. The molecule has 27 heavy (non-hydrogen) atoms. The first-order chi connectivity index (χ1) is 12.7. The number of rotatable bonds is 6. The predicted molar refractivity (Wildman–Crippen MR) is 107 cm³/mol. The summed E-state index contributed by atoms with van der Waals surface area (Å²) in [5.41, 5.74) is 0.410. The zero-order chi connectivity index (χ0) is 20.2. The number of carbonyl (C=O) groups excluding carboxylic acids is 1. The lowest BCUT2D eigenvalue weighted by atomic mass is 9.78. The minimum atomic E-state index is -3.69. The quantitative estimate of drug-likeness (QED) is 0.771. The maximum Gasteiger partial charge on any atom is 0.319 e. The summed E-state index contributed by atoms with van der Waals surface area (Å²) in [6.45, 7) is 6.51. The molecule has 2 N–H and O–H groups in total. The van der Waals surface area contributed by atoms with Crippen molar-refractivity contribution >= 4 is 21.7 Å². The summed E-state index contributed by atoms with van der Waals surface area (Å²) in [5.74, 6) is 1.26. The molecule has 2 rings (SSSR count). The molecule has 0 heterocycles. The van der Waals surface area contributed by atoms with Gasteiger partial charge in [-0.15, -0.1) is 0 Å². The van der Waals surface area contributed by atoms with Gasteiger partial charge in [-0.3, -0.25) is 0 Å². The number of nitrogens with one attached hydrogen (secondary N) is 2. The average molecular weight is 398 g/mol. The van der Waals surface area contributed by atoms with Crippen LogP contribution in [0.4, 0.5) is 10.5 Å². The van der Waals surface area contributed by atoms with Gasteiger partial charge < -0.3 is 15.4 Å². The summed E-state index contributed by atoms with van der Waals surface area (Å²) in [6.07, 6.45) is 3.25. The van der Waals surface area contributed by atoms with E-state index >= 15 is 0 Å². The van der Waals surface area contributed by atoms with Crippen LogP contribution in [0.5, 0.6) is 5.75 Å². The lowest BCUT2D eigenvalue weighted by Crippen LogP contribution is -2.45. The second-order valence-corrected chi connectivity index (χ2v) is 9.47. The highest BCUT2D eigenvalue weighted by Crippen LogP contribution is 2.31. The van der Waals surface area contributed by atoms with E-state index in [-0.39, 0.29) is 22.7 Å². The molecule has 1 aliphatic rings. The van der Waals surface area contributed by atoms with Crippen molar-refractivity contribution in [3.05, 3.63) is 18.2 Å². The van der Waals surface area contributed by atoms with Crippen LogP contribution in [-0.2, 0) is 10.0 Å². The molecule has 8 heteroatoms. The number of nitrogens with zero attached hydrogens (tertiary/aromatic N) is 1. The van der Waals surface area contributed by atoms with Gasteiger partial charge in [0, 0.05) is 25.8 Å². The number of urea groups is 1. The maximum atomic E-state index is 12.6. The van der Waals surface area contributed by atoms with Gasteiger partial charge in [-0.1, -0.05) is 26.7 Å². The fourth-order valence-electron chi connectivity index (χ4n) is 3.38. The largest absolute Gasteiger partial charge is 0.492 e. The van der Waals surface area contributed by atoms with Crippen LogP contribution in [0.3, 0.4) is 0 Å². The molecule has 1 aliphatic carbocycles. The van der Waals surface area contributed by atoms with E-state index in [1.807, 2.05) is 0 Å². The zero-order valence-electron chi connectivity index (χ0n) is 16.8. The minimum absolute atomic E-state index is 0.0341. The van der Waals surface area contributed by atoms with Crippen molar-refractivity contribution in [2.45, 2.75) is 51.0 Å². The molecule has 0 unspecified atom stereocenters. The predicted octanol–water partition coefficient (Wildman–Crippen LogP) is 3.28. The van der Waals surface area contributed by atoms with E-state index in [1.54, 1.807) is 19.1 Å². The third-order valence-electron chi connectivity index (χ3n) is 5.28. The molecule has 0 saturated heterocycles. The first-order valence-corrected chi connectivity index (χ1v) is 10.9. The van der Waals surface area contributed by atoms with E-state index in [0.29, 0.717) is 24.1 Å². The molecule has 1 aromatic rings. The fourth-order valence-corrected chi connectivity index (χ4v) is 4.43. The lowest BCUT2D eigenvalue weighted by molar-refractivity contribution is 0.201. The van der Waals surface area contributed by atoms with Gasteiger partial charge in [-0.05, 0) is 43.4 Å². The molecule has 3 atom stereocenters. The van der Waals surface area contributed by atoms with E-state index in [4.69, 9.17) is 4.74 Å². The molecule has 7 nitrogen and oxygen atoms in total. The third-order valence-corrected chi connectivity index (χ3v) is 7.12. The highest BCUT2D eigenvalue weighted by molar-refractivity contribution is 7.89. The number of hydrogen-bond donors (Lipinski definition) is 2. The van der Waals surface area contributed by atoms with Crippen molar-refractivity contribution in [2.24, 2.45) is 11.8 Å². The van der Waals surface area contributed by atoms with Gasteiger partial charge in [0.1, 0.15) is 10.6 Å². The molecular formula is C19H31N3O4S. The van der Waals surface area contributed by atoms with Gasteiger partial charge in [0.2, 0.25) is 10.0 Å². The second-order valence-electron chi connectivity index (χ2n) is 7.35.